The number of aromatic nitrogens is 2. The van der Waals surface area contributed by atoms with Crippen molar-refractivity contribution in [2.45, 2.75) is 75.8 Å². The highest BCUT2D eigenvalue weighted by atomic mass is 16.5. The number of nitrogens with one attached hydrogen (secondary N) is 2. The van der Waals surface area contributed by atoms with E-state index in [-0.39, 0.29) is 41.8 Å². The van der Waals surface area contributed by atoms with Crippen LogP contribution in [0.25, 0.3) is 21.8 Å². The summed E-state index contributed by atoms with van der Waals surface area (Å²) in [5.41, 5.74) is 7.54. The molecule has 10 rings (SSSR count). The normalized spacial score (nSPS) is 35.8. The van der Waals surface area contributed by atoms with Gasteiger partial charge in [0.25, 0.3) is 0 Å². The maximum Gasteiger partial charge on any atom is 0.319 e. The topological polar surface area (TPSA) is 109 Å². The van der Waals surface area contributed by atoms with Crippen molar-refractivity contribution in [2.75, 3.05) is 54.3 Å². The second-order valence-electron chi connectivity index (χ2n) is 16.8. The molecule has 54 heavy (non-hydrogen) atoms. The monoisotopic (exact) mass is 732 g/mol. The molecule has 4 aliphatic heterocycles. The largest absolute Gasteiger partial charge is 0.496 e. The van der Waals surface area contributed by atoms with Gasteiger partial charge in [0, 0.05) is 81.8 Å². The zero-order valence-electron chi connectivity index (χ0n) is 32.1. The van der Waals surface area contributed by atoms with E-state index >= 15 is 0 Å². The lowest BCUT2D eigenvalue weighted by molar-refractivity contribution is -0.199. The number of fused-ring (bicyclic) bond motifs is 6. The molecule has 10 atom stereocenters. The maximum atomic E-state index is 14.3. The van der Waals surface area contributed by atoms with Crippen LogP contribution in [0.5, 0.6) is 5.75 Å². The number of methoxy groups -OCH3 is 3. The van der Waals surface area contributed by atoms with Gasteiger partial charge in [-0.25, -0.2) is 0 Å². The van der Waals surface area contributed by atoms with Crippen LogP contribution in [0.4, 0.5) is 0 Å². The van der Waals surface area contributed by atoms with Gasteiger partial charge in [-0.1, -0.05) is 43.2 Å². The Balaban J connectivity index is 1.22. The van der Waals surface area contributed by atoms with Crippen molar-refractivity contribution in [2.24, 2.45) is 23.2 Å². The molecule has 4 fully saturated rings. The molecule has 2 aromatic heterocycles. The molecule has 1 saturated carbocycles. The van der Waals surface area contributed by atoms with Gasteiger partial charge in [-0.2, -0.15) is 0 Å². The molecule has 2 aliphatic carbocycles. The summed E-state index contributed by atoms with van der Waals surface area (Å²) in [4.78, 5) is 41.4. The maximum absolute atomic E-state index is 14.3. The molecule has 2 aromatic carbocycles. The lowest BCUT2D eigenvalue weighted by Gasteiger charge is -2.57. The quantitative estimate of drug-likeness (QED) is 0.184. The Morgan fingerprint density at radius 1 is 0.981 bits per heavy atom. The third-order valence-electron chi connectivity index (χ3n) is 15.1. The Morgan fingerprint density at radius 2 is 1.81 bits per heavy atom. The summed E-state index contributed by atoms with van der Waals surface area (Å²) >= 11 is 0. The van der Waals surface area contributed by atoms with Crippen LogP contribution in [0.1, 0.15) is 73.5 Å². The lowest BCUT2D eigenvalue weighted by atomic mass is 9.57. The van der Waals surface area contributed by atoms with Crippen molar-refractivity contribution in [3.05, 3.63) is 76.1 Å². The highest BCUT2D eigenvalue weighted by Crippen LogP contribution is 2.60. The number of rotatable bonds is 5. The Hall–Kier alpha value is -4.12. The molecular weight excluding hydrogens is 681 g/mol. The summed E-state index contributed by atoms with van der Waals surface area (Å²) in [5, 5.41) is 2.33. The van der Waals surface area contributed by atoms with Crippen LogP contribution in [-0.4, -0.2) is 98.1 Å². The highest BCUT2D eigenvalue weighted by Gasteiger charge is 2.67. The molecular formula is C44H52N4O6. The minimum absolute atomic E-state index is 0.0673. The zero-order valence-corrected chi connectivity index (χ0v) is 32.1. The van der Waals surface area contributed by atoms with E-state index in [1.807, 2.05) is 0 Å². The molecule has 6 heterocycles. The summed E-state index contributed by atoms with van der Waals surface area (Å²) < 4.78 is 24.1. The Morgan fingerprint density at radius 3 is 2.59 bits per heavy atom. The van der Waals surface area contributed by atoms with Gasteiger partial charge in [0.1, 0.15) is 16.6 Å². The highest BCUT2D eigenvalue weighted by molar-refractivity contribution is 5.94. The van der Waals surface area contributed by atoms with Crippen LogP contribution >= 0.6 is 0 Å². The third kappa shape index (κ3) is 4.33. The van der Waals surface area contributed by atoms with Gasteiger partial charge in [-0.3, -0.25) is 19.4 Å². The van der Waals surface area contributed by atoms with Crippen LogP contribution in [0.2, 0.25) is 0 Å². The molecule has 0 amide bonds. The summed E-state index contributed by atoms with van der Waals surface area (Å²) in [6, 6.07) is 13.1. The Labute approximate surface area is 316 Å². The fraction of sp³-hybridized carbons (Fsp3) is 0.545. The second kappa shape index (κ2) is 12.4. The van der Waals surface area contributed by atoms with Gasteiger partial charge in [-0.05, 0) is 80.7 Å². The van der Waals surface area contributed by atoms with E-state index in [0.717, 1.165) is 78.7 Å². The molecule has 284 valence electrons. The number of nitrogens with zero attached hydrogens (tertiary/aromatic N) is 2. The van der Waals surface area contributed by atoms with Gasteiger partial charge < -0.3 is 28.9 Å². The van der Waals surface area contributed by atoms with Gasteiger partial charge in [0.05, 0.1) is 34.7 Å². The number of hydrogen-bond acceptors (Lipinski definition) is 8. The smallest absolute Gasteiger partial charge is 0.319 e. The molecule has 6 aliphatic rings. The summed E-state index contributed by atoms with van der Waals surface area (Å²) in [6.07, 6.45) is 7.53. The van der Waals surface area contributed by atoms with Crippen molar-refractivity contribution in [3.63, 3.8) is 0 Å². The Kier molecular flexibility index (Phi) is 7.92. The van der Waals surface area contributed by atoms with Gasteiger partial charge >= 0.3 is 11.9 Å². The number of hydrogen-bond donors (Lipinski definition) is 2. The second-order valence-corrected chi connectivity index (χ2v) is 16.8. The minimum Gasteiger partial charge on any atom is -0.496 e. The summed E-state index contributed by atoms with van der Waals surface area (Å²) in [5.74, 6) is 0.923. The van der Waals surface area contributed by atoms with Crippen molar-refractivity contribution < 1.29 is 28.5 Å². The number of carbonyl (C=O) groups is 2. The molecule has 3 saturated heterocycles. The number of ether oxygens (including phenoxy) is 4. The molecule has 0 spiro atoms. The molecule has 2 N–H and O–H groups in total. The SMILES string of the molecule is C/C=C1\CN2COCC3(C(=O)OC)C1CC(c1cc4c5c([nH]c4cc1OC)C1(C(=O)OC)C4CCN(CC5)C1C(CC)C4)c1[nH]c4ccccc4c1CC23. The van der Waals surface area contributed by atoms with E-state index in [1.165, 1.54) is 34.9 Å². The molecule has 4 aromatic rings. The first-order valence-corrected chi connectivity index (χ1v) is 20.0. The van der Waals surface area contributed by atoms with Crippen LogP contribution in [0.3, 0.4) is 0 Å². The van der Waals surface area contributed by atoms with Crippen molar-refractivity contribution >= 4 is 33.7 Å². The standard InChI is InChI=1S/C44H52N4O6/c1-6-24-16-26-12-14-47-15-13-28-29-17-30(36(51-3)20-35(29)46-39(28)44(26,40(24)47)42(50)53-5)31-18-33-25(7-2)21-48-23-54-22-43(33,41(49)52-4)37(48)19-32-27-10-8-9-11-34(27)45-38(31)32/h7-11,17,20,24,26,31,33,37,40,45-46H,6,12-16,18-19,21-23H2,1-5H3/b25-7+. The first kappa shape index (κ1) is 34.4. The van der Waals surface area contributed by atoms with Gasteiger partial charge in [0.2, 0.25) is 0 Å². The Bertz CT molecular complexity index is 2220. The third-order valence-corrected chi connectivity index (χ3v) is 15.1. The van der Waals surface area contributed by atoms with E-state index < -0.39 is 10.8 Å². The number of aromatic amines is 2. The number of allylic oxidation sites excluding steroid dienone is 1. The number of H-pyrrole nitrogens is 2. The number of piperidine rings is 2. The lowest BCUT2D eigenvalue weighted by Crippen LogP contribution is -2.68. The van der Waals surface area contributed by atoms with Crippen LogP contribution in [0, 0.1) is 23.2 Å². The zero-order chi connectivity index (χ0) is 37.1. The molecule has 10 unspecified atom stereocenters. The van der Waals surface area contributed by atoms with E-state index in [2.05, 4.69) is 76.1 Å². The number of carbonyl (C=O) groups excluding carboxylic acids is 2. The van der Waals surface area contributed by atoms with Crippen LogP contribution in [-0.2, 0) is 42.1 Å². The molecule has 0 radical (unpaired) electrons. The van der Waals surface area contributed by atoms with Crippen LogP contribution in [0.15, 0.2) is 48.0 Å². The van der Waals surface area contributed by atoms with Crippen molar-refractivity contribution in [3.8, 4) is 5.75 Å². The van der Waals surface area contributed by atoms with E-state index in [1.54, 1.807) is 14.2 Å². The van der Waals surface area contributed by atoms with E-state index in [4.69, 9.17) is 18.9 Å². The van der Waals surface area contributed by atoms with Crippen molar-refractivity contribution in [1.29, 1.82) is 0 Å². The first-order valence-electron chi connectivity index (χ1n) is 20.0. The fourth-order valence-corrected chi connectivity index (χ4v) is 12.9. The van der Waals surface area contributed by atoms with E-state index in [0.29, 0.717) is 32.1 Å². The summed E-state index contributed by atoms with van der Waals surface area (Å²) in [6.45, 7) is 7.87. The predicted octanol–water partition coefficient (Wildman–Crippen LogP) is 6.22. The minimum atomic E-state index is -0.863. The van der Waals surface area contributed by atoms with Crippen molar-refractivity contribution in [1.82, 2.24) is 19.8 Å². The molecule has 8 bridgehead atoms. The first-order chi connectivity index (χ1) is 26.3. The van der Waals surface area contributed by atoms with Crippen LogP contribution < -0.4 is 4.74 Å². The van der Waals surface area contributed by atoms with Gasteiger partial charge in [-0.15, -0.1) is 0 Å². The summed E-state index contributed by atoms with van der Waals surface area (Å²) in [7, 11) is 4.83. The van der Waals surface area contributed by atoms with E-state index in [9.17, 15) is 9.59 Å². The number of esters is 2. The molecule has 10 nitrogen and oxygen atoms in total. The predicted molar refractivity (Wildman–Crippen MR) is 206 cm³/mol. The molecule has 10 heteroatoms. The average Bonchev–Trinajstić information content (AvgIpc) is 3.78. The number of benzene rings is 2. The average molecular weight is 733 g/mol. The fourth-order valence-electron chi connectivity index (χ4n) is 12.9. The number of para-hydroxylation sites is 1. The van der Waals surface area contributed by atoms with Gasteiger partial charge in [0.15, 0.2) is 0 Å².